The molecule has 1 rings (SSSR count). The van der Waals surface area contributed by atoms with Crippen LogP contribution in [0.5, 0.6) is 0 Å². The van der Waals surface area contributed by atoms with Gasteiger partial charge in [0.2, 0.25) is 11.8 Å². The number of carbonyl (C=O) groups is 3. The molecule has 0 fully saturated rings. The Morgan fingerprint density at radius 1 is 0.574 bits per heavy atom. The van der Waals surface area contributed by atoms with Crippen LogP contribution in [-0.2, 0) is 20.9 Å². The van der Waals surface area contributed by atoms with Crippen molar-refractivity contribution in [1.29, 1.82) is 0 Å². The predicted molar refractivity (Wildman–Crippen MR) is 201 cm³/mol. The van der Waals surface area contributed by atoms with E-state index in [1.807, 2.05) is 0 Å². The zero-order chi connectivity index (χ0) is 34.4. The van der Waals surface area contributed by atoms with Crippen LogP contribution in [0, 0.1) is 0 Å². The molecule has 0 aliphatic heterocycles. The molecule has 0 aromatic carbocycles. The van der Waals surface area contributed by atoms with Crippen molar-refractivity contribution < 1.29 is 19.1 Å². The summed E-state index contributed by atoms with van der Waals surface area (Å²) in [6.45, 7) is 6.75. The molecule has 6 nitrogen and oxygen atoms in total. The normalized spacial score (nSPS) is 11.2. The number of nitrogens with zero attached hydrogens (tertiary/aromatic N) is 1. The first-order valence-electron chi connectivity index (χ1n) is 19.9. The molecule has 0 radical (unpaired) electrons. The molecule has 47 heavy (non-hydrogen) atoms. The molecule has 0 aliphatic rings. The van der Waals surface area contributed by atoms with Crippen molar-refractivity contribution in [2.45, 2.75) is 207 Å². The average molecular weight is 677 g/mol. The van der Waals surface area contributed by atoms with Gasteiger partial charge in [0.15, 0.2) is 0 Å². The third-order valence-electron chi connectivity index (χ3n) is 9.15. The summed E-state index contributed by atoms with van der Waals surface area (Å²) in [5, 5.41) is 0.378. The van der Waals surface area contributed by atoms with E-state index in [4.69, 9.17) is 10.5 Å². The minimum atomic E-state index is -0.508. The van der Waals surface area contributed by atoms with Crippen molar-refractivity contribution in [2.75, 3.05) is 11.5 Å². The molecule has 0 saturated carbocycles. The van der Waals surface area contributed by atoms with Gasteiger partial charge in [-0.3, -0.25) is 9.59 Å². The van der Waals surface area contributed by atoms with Gasteiger partial charge >= 0.3 is 5.97 Å². The molecule has 0 saturated heterocycles. The van der Waals surface area contributed by atoms with Crippen LogP contribution in [0.3, 0.4) is 0 Å². The van der Waals surface area contributed by atoms with E-state index < -0.39 is 5.97 Å². The van der Waals surface area contributed by atoms with Gasteiger partial charge in [-0.15, -0.1) is 11.3 Å². The monoisotopic (exact) mass is 677 g/mol. The first-order chi connectivity index (χ1) is 23.0. The summed E-state index contributed by atoms with van der Waals surface area (Å²) in [5.74, 6) is -0.946. The number of anilines is 1. The highest BCUT2D eigenvalue weighted by atomic mass is 32.1. The Balaban J connectivity index is 2.53. The van der Waals surface area contributed by atoms with Gasteiger partial charge in [-0.1, -0.05) is 168 Å². The van der Waals surface area contributed by atoms with E-state index in [0.717, 1.165) is 43.4 Å². The minimum Gasteiger partial charge on any atom is -0.462 e. The van der Waals surface area contributed by atoms with Crippen molar-refractivity contribution in [3.8, 4) is 0 Å². The number of ether oxygens (including phenoxy) is 1. The number of nitrogens with two attached hydrogens (primary N) is 1. The Labute approximate surface area is 293 Å². The summed E-state index contributed by atoms with van der Waals surface area (Å²) in [7, 11) is 0. The van der Waals surface area contributed by atoms with E-state index in [1.165, 1.54) is 145 Å². The van der Waals surface area contributed by atoms with Gasteiger partial charge in [0.1, 0.15) is 5.00 Å². The number of imide groups is 1. The van der Waals surface area contributed by atoms with Crippen LogP contribution in [0.4, 0.5) is 5.00 Å². The van der Waals surface area contributed by atoms with Crippen LogP contribution in [0.1, 0.15) is 216 Å². The maximum atomic E-state index is 13.6. The number of rotatable bonds is 32. The molecule has 0 bridgehead atoms. The van der Waals surface area contributed by atoms with Crippen LogP contribution >= 0.6 is 11.3 Å². The Bertz CT molecular complexity index is 889. The summed E-state index contributed by atoms with van der Waals surface area (Å²) >= 11 is 1.26. The molecule has 1 aromatic heterocycles. The van der Waals surface area contributed by atoms with E-state index in [2.05, 4.69) is 13.8 Å². The molecule has 0 aliphatic carbocycles. The number of amides is 2. The smallest absolute Gasteiger partial charge is 0.341 e. The highest BCUT2D eigenvalue weighted by Gasteiger charge is 2.30. The molecule has 2 N–H and O–H groups in total. The fourth-order valence-corrected chi connectivity index (χ4v) is 7.29. The summed E-state index contributed by atoms with van der Waals surface area (Å²) in [6.07, 6.45) is 32.7. The van der Waals surface area contributed by atoms with Gasteiger partial charge in [0, 0.05) is 24.3 Å². The molecule has 1 aromatic rings. The largest absolute Gasteiger partial charge is 0.462 e. The predicted octanol–water partition coefficient (Wildman–Crippen LogP) is 12.2. The second-order valence-electron chi connectivity index (χ2n) is 13.5. The average Bonchev–Trinajstić information content (AvgIpc) is 3.49. The fraction of sp³-hybridized carbons (Fsp3) is 0.825. The molecule has 1 heterocycles. The van der Waals surface area contributed by atoms with Gasteiger partial charge in [-0.25, -0.2) is 9.69 Å². The zero-order valence-electron chi connectivity index (χ0n) is 30.9. The lowest BCUT2D eigenvalue weighted by atomic mass is 10.0. The summed E-state index contributed by atoms with van der Waals surface area (Å²) in [6, 6.07) is 1.68. The Morgan fingerprint density at radius 2 is 0.915 bits per heavy atom. The third-order valence-corrected chi connectivity index (χ3v) is 10.3. The number of unbranched alkanes of at least 4 members (excludes halogenated alkanes) is 24. The van der Waals surface area contributed by atoms with Crippen LogP contribution in [0.15, 0.2) is 6.07 Å². The van der Waals surface area contributed by atoms with E-state index in [1.54, 1.807) is 13.0 Å². The van der Waals surface area contributed by atoms with Gasteiger partial charge in [-0.2, -0.15) is 0 Å². The second kappa shape index (κ2) is 30.3. The van der Waals surface area contributed by atoms with E-state index in [0.29, 0.717) is 17.8 Å². The van der Waals surface area contributed by atoms with Gasteiger partial charge in [0.05, 0.1) is 12.2 Å². The highest BCUT2D eigenvalue weighted by Crippen LogP contribution is 2.34. The summed E-state index contributed by atoms with van der Waals surface area (Å²) in [4.78, 5) is 42.0. The fourth-order valence-electron chi connectivity index (χ4n) is 6.23. The molecule has 272 valence electrons. The van der Waals surface area contributed by atoms with Crippen molar-refractivity contribution in [1.82, 2.24) is 0 Å². The number of esters is 1. The number of hydrogen-bond donors (Lipinski definition) is 1. The van der Waals surface area contributed by atoms with Gasteiger partial charge in [0.25, 0.3) is 0 Å². The topological polar surface area (TPSA) is 89.7 Å². The van der Waals surface area contributed by atoms with E-state index >= 15 is 0 Å². The number of thiophene rings is 1. The van der Waals surface area contributed by atoms with Gasteiger partial charge < -0.3 is 10.5 Å². The molecule has 0 atom stereocenters. The quantitative estimate of drug-likeness (QED) is 0.0606. The van der Waals surface area contributed by atoms with E-state index in [-0.39, 0.29) is 30.5 Å². The summed E-state index contributed by atoms with van der Waals surface area (Å²) in [5.41, 5.74) is 6.18. The standard InChI is InChI=1S/C40H72N2O4S/c1-4-7-9-11-13-15-17-19-21-23-25-27-29-31-37(43)42(39-36(40(45)46-6-3)33-35(34-41)47-39)38(44)32-30-28-26-24-22-20-18-16-14-12-10-8-5-2/h33H,4-32,34,41H2,1-3H3. The first kappa shape index (κ1) is 43.3. The maximum absolute atomic E-state index is 13.6. The van der Waals surface area contributed by atoms with E-state index in [9.17, 15) is 14.4 Å². The lowest BCUT2D eigenvalue weighted by molar-refractivity contribution is -0.126. The zero-order valence-corrected chi connectivity index (χ0v) is 31.7. The van der Waals surface area contributed by atoms with Crippen LogP contribution < -0.4 is 10.6 Å². The molecule has 0 spiro atoms. The van der Waals surface area contributed by atoms with Crippen molar-refractivity contribution >= 4 is 34.1 Å². The number of carbonyl (C=O) groups excluding carboxylic acids is 3. The number of hydrogen-bond acceptors (Lipinski definition) is 6. The lowest BCUT2D eigenvalue weighted by Gasteiger charge is -2.21. The molecule has 7 heteroatoms. The molecular weight excluding hydrogens is 605 g/mol. The minimum absolute atomic E-state index is 0.219. The van der Waals surface area contributed by atoms with Crippen LogP contribution in [0.25, 0.3) is 0 Å². The van der Waals surface area contributed by atoms with Gasteiger partial charge in [-0.05, 0) is 25.8 Å². The lowest BCUT2D eigenvalue weighted by Crippen LogP contribution is -2.37. The Morgan fingerprint density at radius 3 is 1.23 bits per heavy atom. The Hall–Kier alpha value is -1.73. The third kappa shape index (κ3) is 21.1. The summed E-state index contributed by atoms with van der Waals surface area (Å²) < 4.78 is 5.28. The van der Waals surface area contributed by atoms with Crippen molar-refractivity contribution in [3.63, 3.8) is 0 Å². The van der Waals surface area contributed by atoms with Crippen molar-refractivity contribution in [3.05, 3.63) is 16.5 Å². The molecule has 0 unspecified atom stereocenters. The Kier molecular flexibility index (Phi) is 27.9. The SMILES string of the molecule is CCCCCCCCCCCCCCCC(=O)N(C(=O)CCCCCCCCCCCCCCC)c1sc(CN)cc1C(=O)OCC. The molecule has 2 amide bonds. The molecular formula is C40H72N2O4S. The second-order valence-corrected chi connectivity index (χ2v) is 14.6. The van der Waals surface area contributed by atoms with Crippen LogP contribution in [0.2, 0.25) is 0 Å². The van der Waals surface area contributed by atoms with Crippen LogP contribution in [-0.4, -0.2) is 24.4 Å². The van der Waals surface area contributed by atoms with Crippen molar-refractivity contribution in [2.24, 2.45) is 5.73 Å². The highest BCUT2D eigenvalue weighted by molar-refractivity contribution is 7.17. The first-order valence-corrected chi connectivity index (χ1v) is 20.7. The maximum Gasteiger partial charge on any atom is 0.341 e.